The van der Waals surface area contributed by atoms with Crippen molar-refractivity contribution in [2.75, 3.05) is 4.90 Å². The summed E-state index contributed by atoms with van der Waals surface area (Å²) in [4.78, 5) is 2.38. The van der Waals surface area contributed by atoms with E-state index in [1.807, 2.05) is 22.7 Å². The normalized spacial score (nSPS) is 11.8. The molecular weight excluding hydrogens is 607 g/mol. The molecule has 2 heterocycles. The van der Waals surface area contributed by atoms with Gasteiger partial charge in [0.1, 0.15) is 0 Å². The van der Waals surface area contributed by atoms with Crippen LogP contribution in [0.2, 0.25) is 0 Å². The van der Waals surface area contributed by atoms with E-state index in [9.17, 15) is 0 Å². The Kier molecular flexibility index (Phi) is 5.98. The third kappa shape index (κ3) is 4.35. The smallest absolute Gasteiger partial charge is 0.0468 e. The topological polar surface area (TPSA) is 3.24 Å². The van der Waals surface area contributed by atoms with Gasteiger partial charge in [-0.2, -0.15) is 0 Å². The molecule has 0 radical (unpaired) electrons. The first-order valence-electron chi connectivity index (χ1n) is 15.9. The standard InChI is InChI=1S/C44H27NS2/c1-2-13-33(14-3-1)45(34-19-17-28-9-4-5-10-29(28)23-34)35-20-22-40-39(27-35)44-36(15-8-16-41(44)46-40)32-18-21-37-38-24-30-11-6-7-12-31(30)25-43(38)47-42(37)26-32/h1-27H. The minimum atomic E-state index is 1.14. The molecule has 0 atom stereocenters. The SMILES string of the molecule is c1ccc(N(c2ccc3ccccc3c2)c2ccc3sc4cccc(-c5ccc6c(c5)sc5cc7ccccc7cc56)c4c3c2)cc1. The van der Waals surface area contributed by atoms with Crippen molar-refractivity contribution in [3.63, 3.8) is 0 Å². The third-order valence-electron chi connectivity index (χ3n) is 9.39. The van der Waals surface area contributed by atoms with E-state index in [1.165, 1.54) is 73.0 Å². The van der Waals surface area contributed by atoms with Gasteiger partial charge < -0.3 is 4.90 Å². The molecule has 0 fully saturated rings. The Balaban J connectivity index is 1.16. The number of thiophene rings is 2. The first-order chi connectivity index (χ1) is 23.3. The van der Waals surface area contributed by atoms with Crippen molar-refractivity contribution in [2.45, 2.75) is 0 Å². The molecule has 0 unspecified atom stereocenters. The number of hydrogen-bond donors (Lipinski definition) is 0. The number of benzene rings is 8. The van der Waals surface area contributed by atoms with E-state index in [0.717, 1.165) is 17.1 Å². The average Bonchev–Trinajstić information content (AvgIpc) is 3.68. The number of hydrogen-bond acceptors (Lipinski definition) is 3. The molecule has 0 aliphatic rings. The van der Waals surface area contributed by atoms with Crippen molar-refractivity contribution >= 4 is 102 Å². The van der Waals surface area contributed by atoms with E-state index < -0.39 is 0 Å². The summed E-state index contributed by atoms with van der Waals surface area (Å²) in [6.45, 7) is 0. The fourth-order valence-corrected chi connectivity index (χ4v) is 9.45. The van der Waals surface area contributed by atoms with Crippen LogP contribution in [0.4, 0.5) is 17.1 Å². The summed E-state index contributed by atoms with van der Waals surface area (Å²) < 4.78 is 5.29. The van der Waals surface area contributed by atoms with Gasteiger partial charge in [-0.25, -0.2) is 0 Å². The van der Waals surface area contributed by atoms with Crippen LogP contribution in [0.25, 0.3) is 73.0 Å². The van der Waals surface area contributed by atoms with E-state index in [2.05, 4.69) is 169 Å². The Morgan fingerprint density at radius 2 is 1.02 bits per heavy atom. The number of anilines is 3. The average molecular weight is 634 g/mol. The van der Waals surface area contributed by atoms with Gasteiger partial charge in [0.2, 0.25) is 0 Å². The molecule has 47 heavy (non-hydrogen) atoms. The van der Waals surface area contributed by atoms with E-state index in [0.29, 0.717) is 0 Å². The molecule has 3 heteroatoms. The summed E-state index contributed by atoms with van der Waals surface area (Å²) in [5.74, 6) is 0. The lowest BCUT2D eigenvalue weighted by molar-refractivity contribution is 1.30. The molecule has 2 aromatic heterocycles. The minimum absolute atomic E-state index is 1.14. The predicted molar refractivity (Wildman–Crippen MR) is 207 cm³/mol. The van der Waals surface area contributed by atoms with Crippen LogP contribution in [0.1, 0.15) is 0 Å². The van der Waals surface area contributed by atoms with Crippen LogP contribution in [0, 0.1) is 0 Å². The minimum Gasteiger partial charge on any atom is -0.310 e. The number of rotatable bonds is 4. The Hall–Kier alpha value is -5.48. The fourth-order valence-electron chi connectivity index (χ4n) is 7.16. The van der Waals surface area contributed by atoms with E-state index >= 15 is 0 Å². The zero-order chi connectivity index (χ0) is 30.9. The van der Waals surface area contributed by atoms with Crippen molar-refractivity contribution in [1.29, 1.82) is 0 Å². The van der Waals surface area contributed by atoms with Gasteiger partial charge >= 0.3 is 0 Å². The molecule has 10 rings (SSSR count). The maximum atomic E-state index is 2.40. The van der Waals surface area contributed by atoms with Gasteiger partial charge in [-0.05, 0) is 99.4 Å². The van der Waals surface area contributed by atoms with Gasteiger partial charge in [0.25, 0.3) is 0 Å². The lowest BCUT2D eigenvalue weighted by Gasteiger charge is -2.26. The van der Waals surface area contributed by atoms with Crippen molar-refractivity contribution in [1.82, 2.24) is 0 Å². The zero-order valence-electron chi connectivity index (χ0n) is 25.4. The molecule has 0 bridgehead atoms. The molecule has 0 saturated heterocycles. The van der Waals surface area contributed by atoms with Crippen LogP contribution in [0.3, 0.4) is 0 Å². The Bertz CT molecular complexity index is 2810. The van der Waals surface area contributed by atoms with Crippen molar-refractivity contribution in [3.05, 3.63) is 164 Å². The lowest BCUT2D eigenvalue weighted by atomic mass is 9.98. The van der Waals surface area contributed by atoms with Crippen LogP contribution in [-0.2, 0) is 0 Å². The molecule has 0 aliphatic heterocycles. The highest BCUT2D eigenvalue weighted by molar-refractivity contribution is 7.26. The molecule has 10 aromatic rings. The second-order valence-electron chi connectivity index (χ2n) is 12.2. The predicted octanol–water partition coefficient (Wildman–Crippen LogP) is 13.9. The maximum Gasteiger partial charge on any atom is 0.0468 e. The molecule has 8 aromatic carbocycles. The van der Waals surface area contributed by atoms with Crippen molar-refractivity contribution < 1.29 is 0 Å². The third-order valence-corrected chi connectivity index (χ3v) is 11.6. The fraction of sp³-hybridized carbons (Fsp3) is 0. The van der Waals surface area contributed by atoms with Crippen LogP contribution >= 0.6 is 22.7 Å². The summed E-state index contributed by atoms with van der Waals surface area (Å²) in [6.07, 6.45) is 0. The van der Waals surface area contributed by atoms with Crippen LogP contribution in [-0.4, -0.2) is 0 Å². The van der Waals surface area contributed by atoms with Gasteiger partial charge in [0.05, 0.1) is 0 Å². The highest BCUT2D eigenvalue weighted by Crippen LogP contribution is 2.45. The molecule has 1 nitrogen and oxygen atoms in total. The monoisotopic (exact) mass is 633 g/mol. The van der Waals surface area contributed by atoms with E-state index in [4.69, 9.17) is 0 Å². The molecule has 0 aliphatic carbocycles. The number of nitrogens with zero attached hydrogens (tertiary/aromatic N) is 1. The van der Waals surface area contributed by atoms with Crippen LogP contribution < -0.4 is 4.90 Å². The van der Waals surface area contributed by atoms with Gasteiger partial charge in [-0.15, -0.1) is 22.7 Å². The quantitative estimate of drug-likeness (QED) is 0.186. The van der Waals surface area contributed by atoms with Gasteiger partial charge in [0.15, 0.2) is 0 Å². The lowest BCUT2D eigenvalue weighted by Crippen LogP contribution is -2.09. The molecule has 0 N–H and O–H groups in total. The summed E-state index contributed by atoms with van der Waals surface area (Å²) in [5, 5.41) is 10.4. The second kappa shape index (κ2) is 10.5. The molecule has 0 amide bonds. The summed E-state index contributed by atoms with van der Waals surface area (Å²) in [6, 6.07) is 60.2. The summed E-state index contributed by atoms with van der Waals surface area (Å²) in [5.41, 5.74) is 5.99. The highest BCUT2D eigenvalue weighted by Gasteiger charge is 2.17. The van der Waals surface area contributed by atoms with E-state index in [-0.39, 0.29) is 0 Å². The summed E-state index contributed by atoms with van der Waals surface area (Å²) in [7, 11) is 0. The highest BCUT2D eigenvalue weighted by atomic mass is 32.1. The largest absolute Gasteiger partial charge is 0.310 e. The molecular formula is C44H27NS2. The maximum absolute atomic E-state index is 2.40. The first-order valence-corrected chi connectivity index (χ1v) is 17.5. The van der Waals surface area contributed by atoms with Crippen molar-refractivity contribution in [3.8, 4) is 11.1 Å². The van der Waals surface area contributed by atoms with Crippen LogP contribution in [0.15, 0.2) is 164 Å². The Labute approximate surface area is 280 Å². The van der Waals surface area contributed by atoms with E-state index in [1.54, 1.807) is 0 Å². The Morgan fingerprint density at radius 3 is 1.87 bits per heavy atom. The Morgan fingerprint density at radius 1 is 0.340 bits per heavy atom. The molecule has 220 valence electrons. The van der Waals surface area contributed by atoms with Crippen LogP contribution in [0.5, 0.6) is 0 Å². The number of para-hydroxylation sites is 1. The first kappa shape index (κ1) is 26.7. The van der Waals surface area contributed by atoms with Gasteiger partial charge in [0, 0.05) is 57.4 Å². The molecule has 0 spiro atoms. The zero-order valence-corrected chi connectivity index (χ0v) is 27.0. The van der Waals surface area contributed by atoms with Gasteiger partial charge in [-0.1, -0.05) is 97.1 Å². The van der Waals surface area contributed by atoms with Gasteiger partial charge in [-0.3, -0.25) is 0 Å². The second-order valence-corrected chi connectivity index (χ2v) is 14.3. The van der Waals surface area contributed by atoms with Crippen molar-refractivity contribution in [2.24, 2.45) is 0 Å². The molecule has 0 saturated carbocycles. The summed E-state index contributed by atoms with van der Waals surface area (Å²) >= 11 is 3.77. The number of fused-ring (bicyclic) bond motifs is 8.